The average Bonchev–Trinajstić information content (AvgIpc) is 3.20. The van der Waals surface area contributed by atoms with Crippen LogP contribution in [0.25, 0.3) is 10.9 Å². The highest BCUT2D eigenvalue weighted by atomic mass is 16.5. The van der Waals surface area contributed by atoms with Gasteiger partial charge in [-0.3, -0.25) is 10.3 Å². The highest BCUT2D eigenvalue weighted by molar-refractivity contribution is 5.85. The molecule has 4 nitrogen and oxygen atoms in total. The van der Waals surface area contributed by atoms with E-state index in [0.717, 1.165) is 31.4 Å². The van der Waals surface area contributed by atoms with Crippen molar-refractivity contribution in [3.8, 4) is 0 Å². The third kappa shape index (κ3) is 1.95. The zero-order chi connectivity index (χ0) is 15.3. The summed E-state index contributed by atoms with van der Waals surface area (Å²) in [5.74, 6) is 0. The van der Waals surface area contributed by atoms with E-state index < -0.39 is 0 Å². The van der Waals surface area contributed by atoms with Crippen LogP contribution in [0.1, 0.15) is 35.8 Å². The maximum Gasteiger partial charge on any atom is 0.161 e. The molecule has 1 fully saturated rings. The first-order valence-corrected chi connectivity index (χ1v) is 8.29. The van der Waals surface area contributed by atoms with E-state index in [1.54, 1.807) is 0 Å². The van der Waals surface area contributed by atoms with Crippen molar-refractivity contribution in [1.29, 1.82) is 0 Å². The summed E-state index contributed by atoms with van der Waals surface area (Å²) < 4.78 is 6.55. The third-order valence-electron chi connectivity index (χ3n) is 5.16. The number of ether oxygens (including phenoxy) is 1. The molecule has 0 radical (unpaired) electrons. The van der Waals surface area contributed by atoms with Crippen LogP contribution >= 0.6 is 0 Å². The summed E-state index contributed by atoms with van der Waals surface area (Å²) in [5.41, 5.74) is 4.61. The third-order valence-corrected chi connectivity index (χ3v) is 5.16. The first-order valence-electron chi connectivity index (χ1n) is 8.29. The molecular weight excluding hydrogens is 286 g/mol. The highest BCUT2D eigenvalue weighted by Gasteiger charge is 2.46. The number of H-pyrrole nitrogens is 1. The van der Waals surface area contributed by atoms with Crippen LogP contribution in [0, 0.1) is 0 Å². The van der Waals surface area contributed by atoms with Gasteiger partial charge in [0.05, 0.1) is 11.8 Å². The van der Waals surface area contributed by atoms with Crippen molar-refractivity contribution in [2.45, 2.75) is 31.1 Å². The molecule has 1 aromatic carbocycles. The van der Waals surface area contributed by atoms with Crippen LogP contribution in [0.4, 0.5) is 0 Å². The lowest BCUT2D eigenvalue weighted by atomic mass is 9.94. The van der Waals surface area contributed by atoms with Crippen LogP contribution in [-0.2, 0) is 16.9 Å². The zero-order valence-corrected chi connectivity index (χ0v) is 12.9. The van der Waals surface area contributed by atoms with Gasteiger partial charge in [-0.15, -0.1) is 0 Å². The second-order valence-electron chi connectivity index (χ2n) is 6.46. The standard InChI is InChI=1S/C19H19N3O/c1-2-6-16-14(5-1)15-8-11-21-19(18(15)22-16)9-7-17(23-19)13-4-3-10-20-12-13/h1-6,10,12,17,21-22H,7-9,11H2. The lowest BCUT2D eigenvalue weighted by Crippen LogP contribution is -2.47. The Labute approximate surface area is 134 Å². The van der Waals surface area contributed by atoms with Crippen molar-refractivity contribution in [1.82, 2.24) is 15.3 Å². The SMILES string of the molecule is c1cncc(C2CCC3(NCCc4c3[nH]c3ccccc43)O2)c1. The van der Waals surface area contributed by atoms with Crippen LogP contribution in [0.15, 0.2) is 48.8 Å². The maximum absolute atomic E-state index is 6.55. The molecule has 5 rings (SSSR count). The van der Waals surface area contributed by atoms with Gasteiger partial charge < -0.3 is 9.72 Å². The van der Waals surface area contributed by atoms with Crippen LogP contribution in [-0.4, -0.2) is 16.5 Å². The molecule has 2 atom stereocenters. The van der Waals surface area contributed by atoms with E-state index in [0.29, 0.717) is 0 Å². The quantitative estimate of drug-likeness (QED) is 0.724. The molecule has 2 aliphatic heterocycles. The molecule has 116 valence electrons. The Hall–Kier alpha value is -2.17. The number of nitrogens with zero attached hydrogens (tertiary/aromatic N) is 1. The van der Waals surface area contributed by atoms with E-state index in [-0.39, 0.29) is 11.8 Å². The summed E-state index contributed by atoms with van der Waals surface area (Å²) in [5, 5.41) is 4.97. The molecule has 2 unspecified atom stereocenters. The summed E-state index contributed by atoms with van der Waals surface area (Å²) in [7, 11) is 0. The number of benzene rings is 1. The minimum absolute atomic E-state index is 0.105. The predicted octanol–water partition coefficient (Wildman–Crippen LogP) is 3.41. The van der Waals surface area contributed by atoms with Gasteiger partial charge in [-0.1, -0.05) is 24.3 Å². The molecular formula is C19H19N3O. The molecule has 1 saturated heterocycles. The van der Waals surface area contributed by atoms with Gasteiger partial charge in [0.25, 0.3) is 0 Å². The normalized spacial score (nSPS) is 26.7. The molecule has 0 bridgehead atoms. The Morgan fingerprint density at radius 2 is 2.13 bits per heavy atom. The second kappa shape index (κ2) is 4.91. The molecule has 23 heavy (non-hydrogen) atoms. The van der Waals surface area contributed by atoms with Crippen LogP contribution < -0.4 is 5.32 Å². The van der Waals surface area contributed by atoms with E-state index in [1.807, 2.05) is 18.5 Å². The topological polar surface area (TPSA) is 49.9 Å². The maximum atomic E-state index is 6.55. The molecule has 2 aromatic heterocycles. The minimum Gasteiger partial charge on any atom is -0.355 e. The van der Waals surface area contributed by atoms with E-state index in [4.69, 9.17) is 4.74 Å². The molecule has 1 spiro atoms. The molecule has 2 aliphatic rings. The Morgan fingerprint density at radius 3 is 3.04 bits per heavy atom. The fourth-order valence-corrected chi connectivity index (χ4v) is 4.09. The minimum atomic E-state index is -0.382. The van der Waals surface area contributed by atoms with Crippen LogP contribution in [0.3, 0.4) is 0 Å². The van der Waals surface area contributed by atoms with Crippen molar-refractivity contribution in [3.63, 3.8) is 0 Å². The van der Waals surface area contributed by atoms with Crippen molar-refractivity contribution >= 4 is 10.9 Å². The van der Waals surface area contributed by atoms with E-state index >= 15 is 0 Å². The monoisotopic (exact) mass is 305 g/mol. The van der Waals surface area contributed by atoms with Crippen molar-refractivity contribution < 1.29 is 4.74 Å². The van der Waals surface area contributed by atoms with E-state index in [1.165, 1.54) is 22.2 Å². The van der Waals surface area contributed by atoms with Gasteiger partial charge in [-0.2, -0.15) is 0 Å². The van der Waals surface area contributed by atoms with Crippen LogP contribution in [0.5, 0.6) is 0 Å². The van der Waals surface area contributed by atoms with Crippen molar-refractivity contribution in [3.05, 3.63) is 65.6 Å². The highest BCUT2D eigenvalue weighted by Crippen LogP contribution is 2.47. The first kappa shape index (κ1) is 13.3. The number of fused-ring (bicyclic) bond motifs is 4. The number of para-hydroxylation sites is 1. The first-order chi connectivity index (χ1) is 11.4. The largest absolute Gasteiger partial charge is 0.355 e. The summed E-state index contributed by atoms with van der Waals surface area (Å²) in [6, 6.07) is 12.6. The molecule has 0 saturated carbocycles. The predicted molar refractivity (Wildman–Crippen MR) is 89.0 cm³/mol. The molecule has 0 aliphatic carbocycles. The van der Waals surface area contributed by atoms with Gasteiger partial charge in [-0.05, 0) is 42.5 Å². The summed E-state index contributed by atoms with van der Waals surface area (Å²) in [4.78, 5) is 7.85. The van der Waals surface area contributed by atoms with Crippen molar-refractivity contribution in [2.75, 3.05) is 6.54 Å². The lowest BCUT2D eigenvalue weighted by molar-refractivity contribution is -0.0779. The Balaban J connectivity index is 1.58. The number of nitrogens with one attached hydrogen (secondary N) is 2. The molecule has 2 N–H and O–H groups in total. The number of aromatic amines is 1. The summed E-state index contributed by atoms with van der Waals surface area (Å²) in [6.07, 6.45) is 6.86. The van der Waals surface area contributed by atoms with E-state index in [2.05, 4.69) is 45.6 Å². The van der Waals surface area contributed by atoms with Gasteiger partial charge in [0.15, 0.2) is 5.72 Å². The van der Waals surface area contributed by atoms with Gasteiger partial charge in [-0.25, -0.2) is 0 Å². The van der Waals surface area contributed by atoms with E-state index in [9.17, 15) is 0 Å². The lowest BCUT2D eigenvalue weighted by Gasteiger charge is -2.34. The zero-order valence-electron chi connectivity index (χ0n) is 12.9. The Kier molecular flexibility index (Phi) is 2.84. The van der Waals surface area contributed by atoms with Gasteiger partial charge >= 0.3 is 0 Å². The van der Waals surface area contributed by atoms with Crippen LogP contribution in [0.2, 0.25) is 0 Å². The number of rotatable bonds is 1. The molecule has 0 amide bonds. The fraction of sp³-hybridized carbons (Fsp3) is 0.316. The Morgan fingerprint density at radius 1 is 1.17 bits per heavy atom. The number of pyridine rings is 1. The average molecular weight is 305 g/mol. The van der Waals surface area contributed by atoms with Gasteiger partial charge in [0.2, 0.25) is 0 Å². The molecule has 4 heteroatoms. The van der Waals surface area contributed by atoms with Gasteiger partial charge in [0, 0.05) is 29.8 Å². The Bertz CT molecular complexity index is 857. The number of hydrogen-bond acceptors (Lipinski definition) is 3. The molecule has 4 heterocycles. The summed E-state index contributed by atoms with van der Waals surface area (Å²) >= 11 is 0. The second-order valence-corrected chi connectivity index (χ2v) is 6.46. The number of aromatic nitrogens is 2. The van der Waals surface area contributed by atoms with Crippen molar-refractivity contribution in [2.24, 2.45) is 0 Å². The smallest absolute Gasteiger partial charge is 0.161 e. The number of hydrogen-bond donors (Lipinski definition) is 2. The summed E-state index contributed by atoms with van der Waals surface area (Å²) in [6.45, 7) is 0.953. The van der Waals surface area contributed by atoms with Gasteiger partial charge in [0.1, 0.15) is 0 Å². The fourth-order valence-electron chi connectivity index (χ4n) is 4.09. The molecule has 3 aromatic rings.